The van der Waals surface area contributed by atoms with Crippen molar-refractivity contribution < 1.29 is 39.2 Å². The van der Waals surface area contributed by atoms with Gasteiger partial charge >= 0.3 is 12.1 Å². The molecule has 0 bridgehead atoms. The third-order valence-electron chi connectivity index (χ3n) is 10.3. The molecule has 0 radical (unpaired) electrons. The topological polar surface area (TPSA) is 175 Å². The number of unbranched alkanes of at least 4 members (excludes halogenated alkanes) is 18. The zero-order chi connectivity index (χ0) is 39.6. The number of carbonyl (C=O) groups is 3. The van der Waals surface area contributed by atoms with Crippen LogP contribution in [-0.4, -0.2) is 99.5 Å². The maximum atomic E-state index is 14.0. The average Bonchev–Trinajstić information content (AvgIpc) is 3.17. The predicted molar refractivity (Wildman–Crippen MR) is 212 cm³/mol. The Bertz CT molecular complexity index is 1140. The molecule has 1 aliphatic rings. The van der Waals surface area contributed by atoms with Crippen LogP contribution in [0.3, 0.4) is 0 Å². The lowest BCUT2D eigenvalue weighted by molar-refractivity contribution is -0.238. The Labute approximate surface area is 325 Å². The van der Waals surface area contributed by atoms with Crippen molar-refractivity contribution in [2.45, 2.75) is 192 Å². The quantitative estimate of drug-likeness (QED) is 0.0555. The number of hydrogen-bond acceptors (Lipinski definition) is 9. The van der Waals surface area contributed by atoms with Gasteiger partial charge in [-0.15, -0.1) is 0 Å². The van der Waals surface area contributed by atoms with Crippen LogP contribution in [0, 0.1) is 0 Å². The molecule has 12 nitrogen and oxygen atoms in total. The fourth-order valence-electron chi connectivity index (χ4n) is 7.01. The third kappa shape index (κ3) is 17.4. The number of nitrogens with zero attached hydrogens (tertiary/aromatic N) is 2. The standard InChI is InChI=1S/C42H74N4O8/c1-4-6-8-10-12-14-16-18-20-25-29-44-41(51)45(30-26-21-19-17-15-13-11-9-7-5-2)40-36(38(49)37(48)35(31-47)54-40)46(39(50)33(3)43)42(52)53-32-34-27-23-22-24-28-34/h22-24,27-28,33,35-38,40,47-49H,4-21,25-26,29-32,43H2,1-3H3,(H,44,51)/t33-,35+,36+,37+,38+,40+/m0/s1. The molecule has 1 heterocycles. The molecular formula is C42H74N4O8. The second-order valence-corrected chi connectivity index (χ2v) is 15.0. The summed E-state index contributed by atoms with van der Waals surface area (Å²) in [7, 11) is 0. The van der Waals surface area contributed by atoms with Crippen molar-refractivity contribution in [3.8, 4) is 0 Å². The number of nitrogens with one attached hydrogen (secondary N) is 1. The van der Waals surface area contributed by atoms with E-state index >= 15 is 0 Å². The summed E-state index contributed by atoms with van der Waals surface area (Å²) >= 11 is 0. The Balaban J connectivity index is 2.23. The van der Waals surface area contributed by atoms with Gasteiger partial charge in [-0.25, -0.2) is 14.5 Å². The van der Waals surface area contributed by atoms with E-state index in [4.69, 9.17) is 15.2 Å². The number of urea groups is 1. The zero-order valence-electron chi connectivity index (χ0n) is 33.7. The van der Waals surface area contributed by atoms with Crippen molar-refractivity contribution in [3.63, 3.8) is 0 Å². The van der Waals surface area contributed by atoms with Gasteiger partial charge in [0.15, 0.2) is 6.23 Å². The highest BCUT2D eigenvalue weighted by Gasteiger charge is 2.53. The lowest BCUT2D eigenvalue weighted by atomic mass is 9.93. The highest BCUT2D eigenvalue weighted by atomic mass is 16.6. The second kappa shape index (κ2) is 28.6. The van der Waals surface area contributed by atoms with Crippen LogP contribution < -0.4 is 11.1 Å². The Morgan fingerprint density at radius 3 is 1.78 bits per heavy atom. The van der Waals surface area contributed by atoms with Crippen molar-refractivity contribution >= 4 is 18.0 Å². The van der Waals surface area contributed by atoms with Crippen LogP contribution in [0.1, 0.15) is 155 Å². The number of rotatable bonds is 28. The summed E-state index contributed by atoms with van der Waals surface area (Å²) in [4.78, 5) is 43.5. The van der Waals surface area contributed by atoms with Gasteiger partial charge in [-0.3, -0.25) is 9.69 Å². The third-order valence-corrected chi connectivity index (χ3v) is 10.3. The molecule has 0 unspecified atom stereocenters. The first-order valence-corrected chi connectivity index (χ1v) is 21.1. The second-order valence-electron chi connectivity index (χ2n) is 15.0. The van der Waals surface area contributed by atoms with Gasteiger partial charge in [-0.1, -0.05) is 160 Å². The monoisotopic (exact) mass is 763 g/mol. The molecular weight excluding hydrogens is 688 g/mol. The summed E-state index contributed by atoms with van der Waals surface area (Å²) in [6, 6.07) is 5.67. The minimum atomic E-state index is -1.78. The Hall–Kier alpha value is -2.77. The fourth-order valence-corrected chi connectivity index (χ4v) is 7.01. The fraction of sp³-hybridized carbons (Fsp3) is 0.786. The number of benzene rings is 1. The van der Waals surface area contributed by atoms with Crippen molar-refractivity contribution in [2.24, 2.45) is 5.73 Å². The van der Waals surface area contributed by atoms with E-state index in [-0.39, 0.29) is 13.2 Å². The lowest BCUT2D eigenvalue weighted by Crippen LogP contribution is -2.71. The largest absolute Gasteiger partial charge is 0.444 e. The van der Waals surface area contributed by atoms with E-state index in [1.165, 1.54) is 82.5 Å². The molecule has 1 aromatic carbocycles. The molecule has 4 amide bonds. The molecule has 12 heteroatoms. The Morgan fingerprint density at radius 2 is 1.28 bits per heavy atom. The van der Waals surface area contributed by atoms with Crippen LogP contribution in [0.5, 0.6) is 0 Å². The van der Waals surface area contributed by atoms with Crippen molar-refractivity contribution in [1.82, 2.24) is 15.1 Å². The first-order chi connectivity index (χ1) is 26.2. The Morgan fingerprint density at radius 1 is 0.778 bits per heavy atom. The van der Waals surface area contributed by atoms with Gasteiger partial charge in [0.2, 0.25) is 5.91 Å². The van der Waals surface area contributed by atoms with Crippen molar-refractivity contribution in [2.75, 3.05) is 19.7 Å². The first-order valence-electron chi connectivity index (χ1n) is 21.1. The van der Waals surface area contributed by atoms with Gasteiger partial charge in [0.25, 0.3) is 0 Å². The normalized spacial score (nSPS) is 20.3. The summed E-state index contributed by atoms with van der Waals surface area (Å²) in [5.74, 6) is -0.870. The SMILES string of the molecule is CCCCCCCCCCCCNC(=O)N(CCCCCCCCCCCC)[C@@H]1O[C@H](CO)[C@@H](O)[C@H](O)[C@H]1N(C(=O)OCc1ccccc1)C(=O)[C@H](C)N. The van der Waals surface area contributed by atoms with Crippen molar-refractivity contribution in [3.05, 3.63) is 35.9 Å². The smallest absolute Gasteiger partial charge is 0.417 e. The molecule has 1 aliphatic heterocycles. The summed E-state index contributed by atoms with van der Waals surface area (Å²) in [5, 5.41) is 35.7. The molecule has 1 fully saturated rings. The first kappa shape index (κ1) is 47.4. The molecule has 0 aliphatic carbocycles. The number of ether oxygens (including phenoxy) is 2. The van der Waals surface area contributed by atoms with Gasteiger partial charge in [0.1, 0.15) is 31.0 Å². The molecule has 6 N–H and O–H groups in total. The van der Waals surface area contributed by atoms with Crippen LogP contribution in [-0.2, 0) is 20.9 Å². The van der Waals surface area contributed by atoms with E-state index < -0.39 is 61.3 Å². The maximum absolute atomic E-state index is 14.0. The van der Waals surface area contributed by atoms with E-state index in [9.17, 15) is 29.7 Å². The molecule has 1 aromatic rings. The zero-order valence-corrected chi connectivity index (χ0v) is 33.7. The Kier molecular flexibility index (Phi) is 25.1. The van der Waals surface area contributed by atoms with E-state index in [0.29, 0.717) is 23.4 Å². The predicted octanol–water partition coefficient (Wildman–Crippen LogP) is 7.16. The molecule has 310 valence electrons. The minimum absolute atomic E-state index is 0.166. The van der Waals surface area contributed by atoms with Gasteiger partial charge in [0.05, 0.1) is 12.6 Å². The van der Waals surface area contributed by atoms with Gasteiger partial charge < -0.3 is 35.8 Å². The summed E-state index contributed by atoms with van der Waals surface area (Å²) in [5.41, 5.74) is 6.68. The average molecular weight is 763 g/mol. The minimum Gasteiger partial charge on any atom is -0.444 e. The number of nitrogens with two attached hydrogens (primary N) is 1. The molecule has 0 spiro atoms. The molecule has 2 rings (SSSR count). The van der Waals surface area contributed by atoms with Crippen LogP contribution in [0.25, 0.3) is 0 Å². The highest BCUT2D eigenvalue weighted by Crippen LogP contribution is 2.30. The number of aliphatic hydroxyl groups excluding tert-OH is 3. The van der Waals surface area contributed by atoms with Gasteiger partial charge in [-0.05, 0) is 25.3 Å². The van der Waals surface area contributed by atoms with E-state index in [0.717, 1.165) is 51.4 Å². The molecule has 0 saturated carbocycles. The van der Waals surface area contributed by atoms with Crippen LogP contribution in [0.2, 0.25) is 0 Å². The molecule has 0 aromatic heterocycles. The molecule has 1 saturated heterocycles. The number of amides is 4. The number of aliphatic hydroxyl groups is 3. The van der Waals surface area contributed by atoms with Crippen LogP contribution in [0.4, 0.5) is 9.59 Å². The van der Waals surface area contributed by atoms with Crippen LogP contribution in [0.15, 0.2) is 30.3 Å². The molecule has 6 atom stereocenters. The van der Waals surface area contributed by atoms with Crippen LogP contribution >= 0.6 is 0 Å². The van der Waals surface area contributed by atoms with Gasteiger partial charge in [-0.2, -0.15) is 0 Å². The van der Waals surface area contributed by atoms with Crippen molar-refractivity contribution in [1.29, 1.82) is 0 Å². The number of carbonyl (C=O) groups excluding carboxylic acids is 3. The number of hydrogen-bond donors (Lipinski definition) is 5. The lowest BCUT2D eigenvalue weighted by Gasteiger charge is -2.49. The van der Waals surface area contributed by atoms with E-state index in [1.54, 1.807) is 24.3 Å². The van der Waals surface area contributed by atoms with E-state index in [2.05, 4.69) is 19.2 Å². The van der Waals surface area contributed by atoms with Gasteiger partial charge in [0, 0.05) is 13.1 Å². The number of imide groups is 1. The maximum Gasteiger partial charge on any atom is 0.417 e. The molecule has 54 heavy (non-hydrogen) atoms. The highest BCUT2D eigenvalue weighted by molar-refractivity contribution is 5.95. The van der Waals surface area contributed by atoms with E-state index in [1.807, 2.05) is 6.07 Å². The summed E-state index contributed by atoms with van der Waals surface area (Å²) in [6.45, 7) is 5.62. The summed E-state index contributed by atoms with van der Waals surface area (Å²) in [6.07, 6.45) is 15.2. The summed E-state index contributed by atoms with van der Waals surface area (Å²) < 4.78 is 11.7.